The molecular formula is C59H41N. The molecule has 0 spiro atoms. The van der Waals surface area contributed by atoms with Crippen LogP contribution in [0.3, 0.4) is 0 Å². The molecule has 0 heterocycles. The molecule has 0 saturated heterocycles. The zero-order valence-corrected chi connectivity index (χ0v) is 33.1. The van der Waals surface area contributed by atoms with Crippen LogP contribution in [0, 0.1) is 0 Å². The summed E-state index contributed by atoms with van der Waals surface area (Å²) >= 11 is 0. The first-order chi connectivity index (χ1) is 29.8. The van der Waals surface area contributed by atoms with Crippen molar-refractivity contribution in [3.05, 3.63) is 271 Å². The van der Waals surface area contributed by atoms with Crippen molar-refractivity contribution in [2.24, 2.45) is 0 Å². The molecule has 282 valence electrons. The van der Waals surface area contributed by atoms with E-state index < -0.39 is 5.41 Å². The van der Waals surface area contributed by atoms with Gasteiger partial charge < -0.3 is 4.90 Å². The number of benzene rings is 10. The van der Waals surface area contributed by atoms with Crippen molar-refractivity contribution in [3.63, 3.8) is 0 Å². The Morgan fingerprint density at radius 1 is 0.300 bits per heavy atom. The molecular weight excluding hydrogens is 723 g/mol. The van der Waals surface area contributed by atoms with Crippen LogP contribution in [0.4, 0.5) is 17.1 Å². The topological polar surface area (TPSA) is 3.24 Å². The van der Waals surface area contributed by atoms with Crippen molar-refractivity contribution in [1.29, 1.82) is 0 Å². The lowest BCUT2D eigenvalue weighted by Gasteiger charge is -2.34. The second-order valence-electron chi connectivity index (χ2n) is 15.6. The summed E-state index contributed by atoms with van der Waals surface area (Å²) in [5.41, 5.74) is 17.6. The minimum Gasteiger partial charge on any atom is -0.310 e. The maximum atomic E-state index is 2.47. The van der Waals surface area contributed by atoms with Gasteiger partial charge >= 0.3 is 0 Å². The molecule has 0 unspecified atom stereocenters. The van der Waals surface area contributed by atoms with Gasteiger partial charge in [-0.1, -0.05) is 218 Å². The zero-order chi connectivity index (χ0) is 39.9. The molecule has 60 heavy (non-hydrogen) atoms. The van der Waals surface area contributed by atoms with Gasteiger partial charge in [0.25, 0.3) is 0 Å². The normalized spacial score (nSPS) is 12.5. The summed E-state index contributed by atoms with van der Waals surface area (Å²) in [4.78, 5) is 2.47. The standard InChI is InChI=1S/C59H41N/c1-4-17-42(18-5-1)43-33-35-44(36-34-43)45-37-39-50(40-38-45)60(51-26-14-21-47(41-51)53-29-15-20-46-19-10-11-27-52(46)53)57-32-16-31-56-58(57)54-28-12-13-30-55(54)59(56,48-22-6-2-7-23-48)49-24-8-3-9-25-49/h1-41H. The van der Waals surface area contributed by atoms with Crippen LogP contribution in [0.5, 0.6) is 0 Å². The monoisotopic (exact) mass is 763 g/mol. The highest BCUT2D eigenvalue weighted by molar-refractivity contribution is 6.00. The molecule has 1 heteroatoms. The highest BCUT2D eigenvalue weighted by Gasteiger charge is 2.47. The Balaban J connectivity index is 1.12. The van der Waals surface area contributed by atoms with Crippen LogP contribution in [-0.4, -0.2) is 0 Å². The van der Waals surface area contributed by atoms with Gasteiger partial charge in [0.05, 0.1) is 11.1 Å². The summed E-state index contributed by atoms with van der Waals surface area (Å²) in [6, 6.07) is 91.0. The largest absolute Gasteiger partial charge is 0.310 e. The van der Waals surface area contributed by atoms with Gasteiger partial charge in [-0.15, -0.1) is 0 Å². The minimum absolute atomic E-state index is 0.503. The Morgan fingerprint density at radius 2 is 0.783 bits per heavy atom. The number of nitrogens with zero attached hydrogens (tertiary/aromatic N) is 1. The Bertz CT molecular complexity index is 3070. The van der Waals surface area contributed by atoms with E-state index in [0.717, 1.165) is 17.1 Å². The maximum Gasteiger partial charge on any atom is 0.0714 e. The van der Waals surface area contributed by atoms with Gasteiger partial charge in [-0.25, -0.2) is 0 Å². The van der Waals surface area contributed by atoms with E-state index in [2.05, 4.69) is 254 Å². The first-order valence-electron chi connectivity index (χ1n) is 20.8. The van der Waals surface area contributed by atoms with Crippen LogP contribution in [0.25, 0.3) is 55.3 Å². The maximum absolute atomic E-state index is 2.47. The molecule has 1 aliphatic rings. The zero-order valence-electron chi connectivity index (χ0n) is 33.1. The third kappa shape index (κ3) is 5.86. The van der Waals surface area contributed by atoms with E-state index in [1.54, 1.807) is 0 Å². The third-order valence-electron chi connectivity index (χ3n) is 12.4. The SMILES string of the molecule is c1ccc(-c2ccc(-c3ccc(N(c4cccc(-c5cccc6ccccc56)c4)c4cccc5c4-c4ccccc4C5(c4ccccc4)c4ccccc4)cc3)cc2)cc1. The first-order valence-corrected chi connectivity index (χ1v) is 20.8. The van der Waals surface area contributed by atoms with E-state index >= 15 is 0 Å². The predicted octanol–water partition coefficient (Wildman–Crippen LogP) is 15.7. The van der Waals surface area contributed by atoms with Crippen molar-refractivity contribution in [3.8, 4) is 44.5 Å². The lowest BCUT2D eigenvalue weighted by atomic mass is 9.68. The highest BCUT2D eigenvalue weighted by atomic mass is 15.1. The lowest BCUT2D eigenvalue weighted by Crippen LogP contribution is -2.28. The van der Waals surface area contributed by atoms with E-state index in [9.17, 15) is 0 Å². The number of hydrogen-bond donors (Lipinski definition) is 0. The van der Waals surface area contributed by atoms with E-state index in [1.807, 2.05) is 0 Å². The summed E-state index contributed by atoms with van der Waals surface area (Å²) in [6.45, 7) is 0. The average Bonchev–Trinajstić information content (AvgIpc) is 3.64. The summed E-state index contributed by atoms with van der Waals surface area (Å²) in [5.74, 6) is 0. The van der Waals surface area contributed by atoms with Crippen molar-refractivity contribution >= 4 is 27.8 Å². The Morgan fingerprint density at radius 3 is 1.48 bits per heavy atom. The third-order valence-corrected chi connectivity index (χ3v) is 12.4. The van der Waals surface area contributed by atoms with Crippen LogP contribution >= 0.6 is 0 Å². The molecule has 0 atom stereocenters. The molecule has 11 rings (SSSR count). The Hall–Kier alpha value is -7.74. The van der Waals surface area contributed by atoms with Gasteiger partial charge in [0.1, 0.15) is 0 Å². The van der Waals surface area contributed by atoms with Crippen molar-refractivity contribution in [2.75, 3.05) is 4.90 Å². The average molecular weight is 764 g/mol. The molecule has 10 aromatic carbocycles. The summed E-state index contributed by atoms with van der Waals surface area (Å²) in [5, 5.41) is 2.48. The molecule has 0 N–H and O–H groups in total. The number of rotatable bonds is 8. The van der Waals surface area contributed by atoms with Gasteiger partial charge in [-0.05, 0) is 102 Å². The van der Waals surface area contributed by atoms with Crippen LogP contribution in [0.1, 0.15) is 22.3 Å². The van der Waals surface area contributed by atoms with Gasteiger partial charge in [-0.2, -0.15) is 0 Å². The van der Waals surface area contributed by atoms with Crippen LogP contribution in [0.15, 0.2) is 249 Å². The predicted molar refractivity (Wildman–Crippen MR) is 252 cm³/mol. The van der Waals surface area contributed by atoms with E-state index in [1.165, 1.54) is 77.5 Å². The first kappa shape index (κ1) is 35.4. The van der Waals surface area contributed by atoms with Gasteiger partial charge in [0, 0.05) is 16.9 Å². The van der Waals surface area contributed by atoms with Gasteiger partial charge in [0.15, 0.2) is 0 Å². The quantitative estimate of drug-likeness (QED) is 0.149. The Labute approximate surface area is 352 Å². The number of anilines is 3. The highest BCUT2D eigenvalue weighted by Crippen LogP contribution is 2.59. The molecule has 0 bridgehead atoms. The molecule has 0 aromatic heterocycles. The molecule has 1 nitrogen and oxygen atoms in total. The second-order valence-corrected chi connectivity index (χ2v) is 15.6. The molecule has 1 aliphatic carbocycles. The van der Waals surface area contributed by atoms with Gasteiger partial charge in [0.2, 0.25) is 0 Å². The number of fused-ring (bicyclic) bond motifs is 4. The van der Waals surface area contributed by atoms with Crippen LogP contribution < -0.4 is 4.90 Å². The van der Waals surface area contributed by atoms with E-state index in [-0.39, 0.29) is 0 Å². The lowest BCUT2D eigenvalue weighted by molar-refractivity contribution is 0.768. The summed E-state index contributed by atoms with van der Waals surface area (Å²) in [6.07, 6.45) is 0. The van der Waals surface area contributed by atoms with E-state index in [4.69, 9.17) is 0 Å². The molecule has 0 amide bonds. The fourth-order valence-electron chi connectivity index (χ4n) is 9.67. The van der Waals surface area contributed by atoms with Gasteiger partial charge in [-0.3, -0.25) is 0 Å². The molecule has 0 aliphatic heterocycles. The van der Waals surface area contributed by atoms with Crippen LogP contribution in [0.2, 0.25) is 0 Å². The smallest absolute Gasteiger partial charge is 0.0714 e. The number of hydrogen-bond acceptors (Lipinski definition) is 1. The Kier molecular flexibility index (Phi) is 8.79. The molecule has 0 fully saturated rings. The fraction of sp³-hybridized carbons (Fsp3) is 0.0169. The second kappa shape index (κ2) is 14.9. The van der Waals surface area contributed by atoms with Crippen molar-refractivity contribution in [2.45, 2.75) is 5.41 Å². The molecule has 0 radical (unpaired) electrons. The van der Waals surface area contributed by atoms with Crippen molar-refractivity contribution in [1.82, 2.24) is 0 Å². The molecule has 10 aromatic rings. The molecule has 0 saturated carbocycles. The summed E-state index contributed by atoms with van der Waals surface area (Å²) in [7, 11) is 0. The summed E-state index contributed by atoms with van der Waals surface area (Å²) < 4.78 is 0. The van der Waals surface area contributed by atoms with Crippen LogP contribution in [-0.2, 0) is 5.41 Å². The minimum atomic E-state index is -0.503. The fourth-order valence-corrected chi connectivity index (χ4v) is 9.67. The van der Waals surface area contributed by atoms with E-state index in [0.29, 0.717) is 0 Å². The van der Waals surface area contributed by atoms with Crippen molar-refractivity contribution < 1.29 is 0 Å².